The van der Waals surface area contributed by atoms with Gasteiger partial charge < -0.3 is 4.74 Å². The molecule has 0 N–H and O–H groups in total. The number of hydrogen-bond acceptors (Lipinski definition) is 4. The van der Waals surface area contributed by atoms with Crippen molar-refractivity contribution >= 4 is 11.5 Å². The first kappa shape index (κ1) is 21.6. The molecule has 0 atom stereocenters. The van der Waals surface area contributed by atoms with E-state index in [0.717, 1.165) is 59.8 Å². The third-order valence-electron chi connectivity index (χ3n) is 8.29. The third-order valence-corrected chi connectivity index (χ3v) is 8.29. The summed E-state index contributed by atoms with van der Waals surface area (Å²) in [6.45, 7) is 2.04. The van der Waals surface area contributed by atoms with Crippen molar-refractivity contribution in [3.8, 4) is 12.1 Å². The molecular weight excluding hydrogens is 432 g/mol. The van der Waals surface area contributed by atoms with Gasteiger partial charge in [-0.1, -0.05) is 60.2 Å². The molecule has 0 amide bonds. The highest BCUT2D eigenvalue weighted by molar-refractivity contribution is 6.07. The van der Waals surface area contributed by atoms with Crippen LogP contribution >= 0.6 is 0 Å². The van der Waals surface area contributed by atoms with Crippen LogP contribution in [0.1, 0.15) is 48.8 Å². The molecule has 4 saturated carbocycles. The molecule has 2 aromatic rings. The van der Waals surface area contributed by atoms with Crippen LogP contribution in [0.25, 0.3) is 5.57 Å². The second kappa shape index (κ2) is 8.40. The van der Waals surface area contributed by atoms with Gasteiger partial charge in [0, 0.05) is 11.1 Å². The molecule has 0 unspecified atom stereocenters. The molecule has 4 nitrogen and oxygen atoms in total. The topological polar surface area (TPSA) is 73.9 Å². The minimum atomic E-state index is -0.416. The summed E-state index contributed by atoms with van der Waals surface area (Å²) in [6.07, 6.45) is 5.82. The van der Waals surface area contributed by atoms with Crippen molar-refractivity contribution in [2.24, 2.45) is 23.7 Å². The van der Waals surface area contributed by atoms with Gasteiger partial charge in [0.05, 0.1) is 5.57 Å². The van der Waals surface area contributed by atoms with E-state index < -0.39 is 5.97 Å². The number of rotatable bonds is 2. The lowest BCUT2D eigenvalue weighted by molar-refractivity contribution is -0.132. The number of carbonyl (C=O) groups excluding carboxylic acids is 1. The van der Waals surface area contributed by atoms with Crippen LogP contribution in [0.5, 0.6) is 0 Å². The molecule has 4 bridgehead atoms. The lowest BCUT2D eigenvalue weighted by Crippen LogP contribution is -2.41. The molecule has 1 saturated heterocycles. The van der Waals surface area contributed by atoms with Gasteiger partial charge in [-0.25, -0.2) is 4.79 Å². The molecule has 4 heteroatoms. The van der Waals surface area contributed by atoms with Crippen LogP contribution in [0, 0.1) is 53.3 Å². The number of allylic oxidation sites excluding steroid dienone is 3. The molecular formula is C31H26N2O2. The molecule has 2 aromatic carbocycles. The van der Waals surface area contributed by atoms with Crippen molar-refractivity contribution in [1.29, 1.82) is 10.5 Å². The van der Waals surface area contributed by atoms with E-state index in [1.165, 1.54) is 12.0 Å². The first-order chi connectivity index (χ1) is 17.1. The summed E-state index contributed by atoms with van der Waals surface area (Å²) in [5.74, 6) is 1.95. The lowest BCUT2D eigenvalue weighted by atomic mass is 9.53. The Morgan fingerprint density at radius 2 is 1.40 bits per heavy atom. The number of aryl methyl sites for hydroxylation is 1. The molecule has 0 radical (unpaired) electrons. The second-order valence-corrected chi connectivity index (χ2v) is 10.4. The second-order valence-electron chi connectivity index (χ2n) is 10.4. The molecule has 7 rings (SSSR count). The minimum absolute atomic E-state index is 0.107. The van der Waals surface area contributed by atoms with E-state index in [4.69, 9.17) is 4.74 Å². The molecule has 5 fully saturated rings. The van der Waals surface area contributed by atoms with Crippen LogP contribution < -0.4 is 0 Å². The first-order valence-electron chi connectivity index (χ1n) is 12.5. The Morgan fingerprint density at radius 3 is 1.97 bits per heavy atom. The molecule has 4 aliphatic carbocycles. The normalized spacial score (nSPS) is 28.0. The number of carbonyl (C=O) groups is 1. The maximum atomic E-state index is 13.6. The zero-order valence-corrected chi connectivity index (χ0v) is 19.8. The van der Waals surface area contributed by atoms with Crippen LogP contribution in [0.15, 0.2) is 82.6 Å². The van der Waals surface area contributed by atoms with Gasteiger partial charge in [-0.15, -0.1) is 0 Å². The Kier molecular flexibility index (Phi) is 5.19. The number of nitriles is 2. The van der Waals surface area contributed by atoms with E-state index in [1.807, 2.05) is 73.7 Å². The average molecular weight is 459 g/mol. The van der Waals surface area contributed by atoms with Crippen LogP contribution in [0.2, 0.25) is 0 Å². The molecule has 0 aromatic heterocycles. The van der Waals surface area contributed by atoms with Crippen molar-refractivity contribution in [3.05, 3.63) is 99.3 Å². The highest BCUT2D eigenvalue weighted by atomic mass is 16.5. The summed E-state index contributed by atoms with van der Waals surface area (Å²) < 4.78 is 5.81. The zero-order valence-electron chi connectivity index (χ0n) is 19.8. The monoisotopic (exact) mass is 458 g/mol. The molecule has 1 heterocycles. The van der Waals surface area contributed by atoms with Crippen molar-refractivity contribution < 1.29 is 9.53 Å². The summed E-state index contributed by atoms with van der Waals surface area (Å²) in [5, 5.41) is 19.6. The fraction of sp³-hybridized carbons (Fsp3) is 0.323. The number of esters is 1. The van der Waals surface area contributed by atoms with Crippen molar-refractivity contribution in [3.63, 3.8) is 0 Å². The number of hydrogen-bond donors (Lipinski definition) is 0. The van der Waals surface area contributed by atoms with Gasteiger partial charge in [-0.2, -0.15) is 10.5 Å². The van der Waals surface area contributed by atoms with Gasteiger partial charge in [-0.3, -0.25) is 0 Å². The number of ether oxygens (including phenoxy) is 1. The largest absolute Gasteiger partial charge is 0.420 e. The fourth-order valence-electron chi connectivity index (χ4n) is 7.09. The number of cyclic esters (lactones) is 1. The summed E-state index contributed by atoms with van der Waals surface area (Å²) in [4.78, 5) is 13.6. The molecule has 0 spiro atoms. The Balaban J connectivity index is 1.71. The Bertz CT molecular complexity index is 1350. The number of benzene rings is 2. The molecule has 5 aliphatic rings. The summed E-state index contributed by atoms with van der Waals surface area (Å²) in [7, 11) is 0. The average Bonchev–Trinajstić information content (AvgIpc) is 3.18. The van der Waals surface area contributed by atoms with Gasteiger partial charge in [0.1, 0.15) is 12.1 Å². The Labute approximate surface area is 205 Å². The molecule has 35 heavy (non-hydrogen) atoms. The van der Waals surface area contributed by atoms with Crippen molar-refractivity contribution in [2.75, 3.05) is 0 Å². The Hall–Kier alpha value is -3.89. The van der Waals surface area contributed by atoms with Crippen molar-refractivity contribution in [1.82, 2.24) is 0 Å². The van der Waals surface area contributed by atoms with E-state index in [1.54, 1.807) is 0 Å². The predicted molar refractivity (Wildman–Crippen MR) is 132 cm³/mol. The quantitative estimate of drug-likeness (QED) is 0.296. The third kappa shape index (κ3) is 3.53. The van der Waals surface area contributed by atoms with Gasteiger partial charge in [0.2, 0.25) is 0 Å². The highest BCUT2D eigenvalue weighted by Crippen LogP contribution is 2.59. The van der Waals surface area contributed by atoms with E-state index in [9.17, 15) is 15.3 Å². The fourth-order valence-corrected chi connectivity index (χ4v) is 7.09. The zero-order chi connectivity index (χ0) is 24.1. The number of nitrogens with zero attached hydrogens (tertiary/aromatic N) is 2. The summed E-state index contributed by atoms with van der Waals surface area (Å²) in [6, 6.07) is 22.1. The maximum absolute atomic E-state index is 13.6. The summed E-state index contributed by atoms with van der Waals surface area (Å²) in [5.41, 5.74) is 6.11. The van der Waals surface area contributed by atoms with Crippen LogP contribution in [-0.2, 0) is 9.53 Å². The van der Waals surface area contributed by atoms with Crippen LogP contribution in [0.3, 0.4) is 0 Å². The minimum Gasteiger partial charge on any atom is -0.420 e. The first-order valence-corrected chi connectivity index (χ1v) is 12.5. The SMILES string of the molecule is Cc1ccc(/C(=C2/C(=C(C#N)C#N)OC(=O)C2=C2C3CC4CC(C3)CC2C4)c2ccccc2)cc1. The van der Waals surface area contributed by atoms with Crippen LogP contribution in [0.4, 0.5) is 0 Å². The summed E-state index contributed by atoms with van der Waals surface area (Å²) >= 11 is 0. The Morgan fingerprint density at radius 1 is 0.829 bits per heavy atom. The maximum Gasteiger partial charge on any atom is 0.344 e. The molecule has 172 valence electrons. The van der Waals surface area contributed by atoms with E-state index >= 15 is 0 Å². The smallest absolute Gasteiger partial charge is 0.344 e. The van der Waals surface area contributed by atoms with E-state index in [-0.39, 0.29) is 11.3 Å². The van der Waals surface area contributed by atoms with Gasteiger partial charge in [0.15, 0.2) is 11.3 Å². The van der Waals surface area contributed by atoms with Crippen LogP contribution in [-0.4, -0.2) is 5.97 Å². The predicted octanol–water partition coefficient (Wildman–Crippen LogP) is 6.41. The van der Waals surface area contributed by atoms with Gasteiger partial charge in [0.25, 0.3) is 0 Å². The lowest BCUT2D eigenvalue weighted by Gasteiger charge is -2.51. The van der Waals surface area contributed by atoms with Gasteiger partial charge in [-0.05, 0) is 79.4 Å². The standard InChI is InChI=1S/C31H26N2O2/c1-18-7-9-22(10-8-18)26(21-5-3-2-4-6-21)28-29(31(34)35-30(28)25(16-32)17-33)27-23-12-19-11-20(14-23)15-24(27)13-19/h2-10,19-20,23-24H,11-15H2,1H3/b28-26+,29-27?. The highest BCUT2D eigenvalue weighted by Gasteiger charge is 2.49. The van der Waals surface area contributed by atoms with E-state index in [2.05, 4.69) is 0 Å². The molecule has 1 aliphatic heterocycles. The van der Waals surface area contributed by atoms with E-state index in [0.29, 0.717) is 23.0 Å². The van der Waals surface area contributed by atoms with Crippen molar-refractivity contribution in [2.45, 2.75) is 39.0 Å². The van der Waals surface area contributed by atoms with Gasteiger partial charge >= 0.3 is 5.97 Å².